The van der Waals surface area contributed by atoms with Gasteiger partial charge >= 0.3 is 0 Å². The number of H-pyrrole nitrogens is 1. The highest BCUT2D eigenvalue weighted by atomic mass is 16.2. The van der Waals surface area contributed by atoms with Gasteiger partial charge in [0.1, 0.15) is 5.82 Å². The summed E-state index contributed by atoms with van der Waals surface area (Å²) in [6, 6.07) is 18.3. The molecule has 1 aliphatic rings. The van der Waals surface area contributed by atoms with Gasteiger partial charge in [0.15, 0.2) is 5.82 Å². The summed E-state index contributed by atoms with van der Waals surface area (Å²) in [5.74, 6) is 2.06. The lowest BCUT2D eigenvalue weighted by Gasteiger charge is -2.05. The van der Waals surface area contributed by atoms with Crippen LogP contribution in [0.1, 0.15) is 35.6 Å². The molecule has 0 unspecified atom stereocenters. The lowest BCUT2D eigenvalue weighted by atomic mass is 10.1. The van der Waals surface area contributed by atoms with Crippen molar-refractivity contribution >= 4 is 11.6 Å². The summed E-state index contributed by atoms with van der Waals surface area (Å²) < 4.78 is 0. The summed E-state index contributed by atoms with van der Waals surface area (Å²) >= 11 is 0. The third kappa shape index (κ3) is 4.36. The molecule has 0 bridgehead atoms. The molecule has 1 saturated carbocycles. The lowest BCUT2D eigenvalue weighted by molar-refractivity contribution is -0.117. The predicted octanol–water partition coefficient (Wildman–Crippen LogP) is 3.53. The van der Waals surface area contributed by atoms with E-state index in [1.165, 1.54) is 5.56 Å². The molecule has 132 valence electrons. The van der Waals surface area contributed by atoms with Crippen molar-refractivity contribution in [1.29, 1.82) is 0 Å². The highest BCUT2D eigenvalue weighted by Crippen LogP contribution is 2.30. The second-order valence-electron chi connectivity index (χ2n) is 6.82. The lowest BCUT2D eigenvalue weighted by Crippen LogP contribution is -2.13. The zero-order chi connectivity index (χ0) is 17.8. The number of carbonyl (C=O) groups excluding carboxylic acids is 1. The fraction of sp³-hybridized carbons (Fsp3) is 0.286. The van der Waals surface area contributed by atoms with Gasteiger partial charge in [-0.1, -0.05) is 42.5 Å². The molecule has 0 atom stereocenters. The molecule has 1 amide bonds. The van der Waals surface area contributed by atoms with Crippen molar-refractivity contribution < 1.29 is 4.79 Å². The average Bonchev–Trinajstić information content (AvgIpc) is 3.43. The Balaban J connectivity index is 1.31. The number of aromatic amines is 1. The molecular formula is C21H22N4O. The number of hydrogen-bond donors (Lipinski definition) is 2. The van der Waals surface area contributed by atoms with Gasteiger partial charge < -0.3 is 5.32 Å². The van der Waals surface area contributed by atoms with Gasteiger partial charge in [-0.25, -0.2) is 4.98 Å². The minimum Gasteiger partial charge on any atom is -0.326 e. The highest BCUT2D eigenvalue weighted by molar-refractivity contribution is 5.93. The molecule has 1 aliphatic carbocycles. The van der Waals surface area contributed by atoms with Crippen LogP contribution in [0, 0.1) is 5.92 Å². The minimum absolute atomic E-state index is 0.135. The van der Waals surface area contributed by atoms with Gasteiger partial charge in [-0.15, -0.1) is 0 Å². The summed E-state index contributed by atoms with van der Waals surface area (Å²) in [7, 11) is 0. The molecule has 3 aromatic rings. The number of nitrogens with zero attached hydrogens (tertiary/aromatic N) is 2. The maximum Gasteiger partial charge on any atom is 0.227 e. The van der Waals surface area contributed by atoms with E-state index < -0.39 is 0 Å². The van der Waals surface area contributed by atoms with E-state index in [9.17, 15) is 4.79 Å². The topological polar surface area (TPSA) is 70.7 Å². The van der Waals surface area contributed by atoms with Crippen LogP contribution in [0.15, 0.2) is 54.6 Å². The SMILES string of the molecule is O=C(Nc1ccc(Cc2nc(CCc3ccccc3)n[nH]2)cc1)C1CC1. The third-order valence-electron chi connectivity index (χ3n) is 4.60. The first-order chi connectivity index (χ1) is 12.8. The molecule has 4 rings (SSSR count). The number of anilines is 1. The number of aryl methyl sites for hydroxylation is 2. The van der Waals surface area contributed by atoms with Crippen LogP contribution in [0.5, 0.6) is 0 Å². The second kappa shape index (κ2) is 7.52. The zero-order valence-electron chi connectivity index (χ0n) is 14.6. The maximum absolute atomic E-state index is 11.8. The largest absolute Gasteiger partial charge is 0.326 e. The van der Waals surface area contributed by atoms with E-state index in [0.717, 1.165) is 48.6 Å². The van der Waals surface area contributed by atoms with Crippen LogP contribution in [-0.4, -0.2) is 21.1 Å². The Bertz CT molecular complexity index is 867. The van der Waals surface area contributed by atoms with Crippen molar-refractivity contribution in [2.45, 2.75) is 32.1 Å². The Kier molecular flexibility index (Phi) is 4.78. The molecule has 0 aliphatic heterocycles. The normalized spacial score (nSPS) is 13.5. The van der Waals surface area contributed by atoms with Crippen LogP contribution in [0.4, 0.5) is 5.69 Å². The fourth-order valence-electron chi connectivity index (χ4n) is 2.92. The van der Waals surface area contributed by atoms with Crippen LogP contribution >= 0.6 is 0 Å². The molecule has 2 N–H and O–H groups in total. The first-order valence-electron chi connectivity index (χ1n) is 9.10. The van der Waals surface area contributed by atoms with Crippen molar-refractivity contribution in [3.63, 3.8) is 0 Å². The summed E-state index contributed by atoms with van der Waals surface area (Å²) in [6.45, 7) is 0. The second-order valence-corrected chi connectivity index (χ2v) is 6.82. The van der Waals surface area contributed by atoms with Gasteiger partial charge in [0.25, 0.3) is 0 Å². The van der Waals surface area contributed by atoms with E-state index in [1.807, 2.05) is 30.3 Å². The van der Waals surface area contributed by atoms with Crippen molar-refractivity contribution in [2.75, 3.05) is 5.32 Å². The molecule has 0 radical (unpaired) electrons. The van der Waals surface area contributed by atoms with Crippen LogP contribution in [-0.2, 0) is 24.1 Å². The number of benzene rings is 2. The van der Waals surface area contributed by atoms with Gasteiger partial charge in [0.05, 0.1) is 0 Å². The molecule has 1 aromatic heterocycles. The van der Waals surface area contributed by atoms with E-state index >= 15 is 0 Å². The summed E-state index contributed by atoms with van der Waals surface area (Å²) in [4.78, 5) is 16.4. The Morgan fingerprint density at radius 2 is 1.77 bits per heavy atom. The van der Waals surface area contributed by atoms with E-state index in [1.54, 1.807) is 0 Å². The Morgan fingerprint density at radius 3 is 2.50 bits per heavy atom. The average molecular weight is 346 g/mol. The number of nitrogens with one attached hydrogen (secondary N) is 2. The van der Waals surface area contributed by atoms with Crippen LogP contribution in [0.3, 0.4) is 0 Å². The number of rotatable bonds is 7. The molecule has 1 fully saturated rings. The van der Waals surface area contributed by atoms with Crippen LogP contribution < -0.4 is 5.32 Å². The molecule has 5 heteroatoms. The molecule has 0 spiro atoms. The summed E-state index contributed by atoms with van der Waals surface area (Å²) in [5, 5.41) is 10.3. The Labute approximate surface area is 152 Å². The number of carbonyl (C=O) groups is 1. The zero-order valence-corrected chi connectivity index (χ0v) is 14.6. The first-order valence-corrected chi connectivity index (χ1v) is 9.10. The molecule has 26 heavy (non-hydrogen) atoms. The Morgan fingerprint density at radius 1 is 1.00 bits per heavy atom. The number of hydrogen-bond acceptors (Lipinski definition) is 3. The molecule has 5 nitrogen and oxygen atoms in total. The fourth-order valence-corrected chi connectivity index (χ4v) is 2.92. The predicted molar refractivity (Wildman–Crippen MR) is 101 cm³/mol. The monoisotopic (exact) mass is 346 g/mol. The minimum atomic E-state index is 0.135. The van der Waals surface area contributed by atoms with E-state index in [-0.39, 0.29) is 11.8 Å². The van der Waals surface area contributed by atoms with Gasteiger partial charge in [-0.3, -0.25) is 9.89 Å². The van der Waals surface area contributed by atoms with Crippen molar-refractivity contribution in [3.8, 4) is 0 Å². The van der Waals surface area contributed by atoms with Crippen molar-refractivity contribution in [3.05, 3.63) is 77.4 Å². The first kappa shape index (κ1) is 16.5. The highest BCUT2D eigenvalue weighted by Gasteiger charge is 2.29. The quantitative estimate of drug-likeness (QED) is 0.687. The molecule has 0 saturated heterocycles. The molecule has 2 aromatic carbocycles. The molecule has 1 heterocycles. The van der Waals surface area contributed by atoms with Crippen molar-refractivity contribution in [2.24, 2.45) is 5.92 Å². The Hall–Kier alpha value is -2.95. The maximum atomic E-state index is 11.8. The van der Waals surface area contributed by atoms with Gasteiger partial charge in [-0.2, -0.15) is 5.10 Å². The standard InChI is InChI=1S/C21H22N4O/c26-21(17-9-10-17)22-18-11-6-16(7-12-18)14-20-23-19(24-25-20)13-8-15-4-2-1-3-5-15/h1-7,11-12,17H,8-10,13-14H2,(H,22,26)(H,23,24,25). The van der Waals surface area contributed by atoms with E-state index in [4.69, 9.17) is 0 Å². The van der Waals surface area contributed by atoms with E-state index in [2.05, 4.69) is 44.8 Å². The van der Waals surface area contributed by atoms with E-state index in [0.29, 0.717) is 6.42 Å². The van der Waals surface area contributed by atoms with Crippen molar-refractivity contribution in [1.82, 2.24) is 15.2 Å². The van der Waals surface area contributed by atoms with Crippen LogP contribution in [0.25, 0.3) is 0 Å². The van der Waals surface area contributed by atoms with Crippen LogP contribution in [0.2, 0.25) is 0 Å². The van der Waals surface area contributed by atoms with Gasteiger partial charge in [0, 0.05) is 24.4 Å². The summed E-state index contributed by atoms with van der Waals surface area (Å²) in [5.41, 5.74) is 3.29. The smallest absolute Gasteiger partial charge is 0.227 e. The summed E-state index contributed by atoms with van der Waals surface area (Å²) in [6.07, 6.45) is 4.50. The third-order valence-corrected chi connectivity index (χ3v) is 4.60. The van der Waals surface area contributed by atoms with Gasteiger partial charge in [0.2, 0.25) is 5.91 Å². The molecular weight excluding hydrogens is 324 g/mol. The number of amides is 1. The van der Waals surface area contributed by atoms with Gasteiger partial charge in [-0.05, 0) is 42.5 Å². The number of aromatic nitrogens is 3.